The van der Waals surface area contributed by atoms with Crippen LogP contribution in [0, 0.1) is 11.8 Å². The molecule has 0 spiro atoms. The van der Waals surface area contributed by atoms with Gasteiger partial charge in [-0.1, -0.05) is 13.3 Å². The molecule has 1 saturated heterocycles. The van der Waals surface area contributed by atoms with Crippen LogP contribution in [0.15, 0.2) is 0 Å². The Morgan fingerprint density at radius 2 is 1.88 bits per heavy atom. The van der Waals surface area contributed by atoms with E-state index in [1.165, 1.54) is 0 Å². The lowest BCUT2D eigenvalue weighted by Gasteiger charge is -2.34. The van der Waals surface area contributed by atoms with E-state index in [0.717, 1.165) is 19.4 Å². The summed E-state index contributed by atoms with van der Waals surface area (Å²) >= 11 is 0. The van der Waals surface area contributed by atoms with E-state index in [0.29, 0.717) is 25.6 Å². The van der Waals surface area contributed by atoms with E-state index < -0.39 is 12.1 Å². The Bertz CT molecular complexity index is 210. The van der Waals surface area contributed by atoms with Gasteiger partial charge in [-0.15, -0.1) is 0 Å². The van der Waals surface area contributed by atoms with Gasteiger partial charge in [-0.05, 0) is 44.8 Å². The minimum atomic E-state index is -4.01. The first-order valence-corrected chi connectivity index (χ1v) is 6.46. The summed E-state index contributed by atoms with van der Waals surface area (Å²) in [4.78, 5) is 2.13. The van der Waals surface area contributed by atoms with Gasteiger partial charge in [0.15, 0.2) is 0 Å². The Kier molecular flexibility index (Phi) is 5.73. The Balaban J connectivity index is 2.31. The molecular weight excluding hydrogens is 229 g/mol. The first-order chi connectivity index (χ1) is 7.97. The smallest absolute Gasteiger partial charge is 0.330 e. The van der Waals surface area contributed by atoms with Crippen molar-refractivity contribution in [3.05, 3.63) is 0 Å². The molecule has 0 bridgehead atoms. The highest BCUT2D eigenvalue weighted by Gasteiger charge is 2.41. The van der Waals surface area contributed by atoms with E-state index >= 15 is 0 Å². The van der Waals surface area contributed by atoms with Crippen molar-refractivity contribution in [2.45, 2.75) is 38.8 Å². The second-order valence-corrected chi connectivity index (χ2v) is 5.01. The number of nitrogens with two attached hydrogens (primary N) is 1. The minimum Gasteiger partial charge on any atom is -0.330 e. The molecule has 1 aliphatic heterocycles. The van der Waals surface area contributed by atoms with Crippen molar-refractivity contribution < 1.29 is 13.2 Å². The third-order valence-electron chi connectivity index (χ3n) is 3.60. The van der Waals surface area contributed by atoms with Gasteiger partial charge in [-0.2, -0.15) is 13.2 Å². The van der Waals surface area contributed by atoms with Crippen molar-refractivity contribution in [1.29, 1.82) is 0 Å². The number of rotatable bonds is 5. The second kappa shape index (κ2) is 6.59. The first-order valence-electron chi connectivity index (χ1n) is 6.46. The molecule has 0 saturated carbocycles. The molecule has 2 N–H and O–H groups in total. The normalized spacial score (nSPS) is 21.7. The Morgan fingerprint density at radius 3 is 2.29 bits per heavy atom. The van der Waals surface area contributed by atoms with Crippen molar-refractivity contribution >= 4 is 0 Å². The van der Waals surface area contributed by atoms with E-state index in [-0.39, 0.29) is 12.8 Å². The van der Waals surface area contributed by atoms with Crippen LogP contribution < -0.4 is 5.73 Å². The van der Waals surface area contributed by atoms with Crippen molar-refractivity contribution in [2.24, 2.45) is 17.6 Å². The quantitative estimate of drug-likeness (QED) is 0.815. The van der Waals surface area contributed by atoms with Crippen LogP contribution in [0.3, 0.4) is 0 Å². The predicted molar refractivity (Wildman–Crippen MR) is 62.7 cm³/mol. The highest BCUT2D eigenvalue weighted by Crippen LogP contribution is 2.34. The van der Waals surface area contributed by atoms with Gasteiger partial charge in [0.05, 0.1) is 5.92 Å². The summed E-state index contributed by atoms with van der Waals surface area (Å²) in [5.41, 5.74) is 5.67. The Labute approximate surface area is 101 Å². The number of alkyl halides is 3. The zero-order valence-corrected chi connectivity index (χ0v) is 10.5. The SMILES string of the molecule is CCCC(CN)CN1CCC(C(F)(F)F)CC1. The van der Waals surface area contributed by atoms with Crippen LogP contribution in [0.2, 0.25) is 0 Å². The third kappa shape index (κ3) is 4.84. The van der Waals surface area contributed by atoms with Gasteiger partial charge in [0.25, 0.3) is 0 Å². The summed E-state index contributed by atoms with van der Waals surface area (Å²) < 4.78 is 37.4. The molecule has 102 valence electrons. The molecule has 1 unspecified atom stereocenters. The van der Waals surface area contributed by atoms with Gasteiger partial charge in [0, 0.05) is 6.54 Å². The lowest BCUT2D eigenvalue weighted by atomic mass is 9.94. The fourth-order valence-corrected chi connectivity index (χ4v) is 2.50. The van der Waals surface area contributed by atoms with Gasteiger partial charge in [-0.25, -0.2) is 0 Å². The Hall–Kier alpha value is -0.290. The summed E-state index contributed by atoms with van der Waals surface area (Å²) in [6.45, 7) is 4.72. The van der Waals surface area contributed by atoms with Crippen LogP contribution >= 0.6 is 0 Å². The highest BCUT2D eigenvalue weighted by atomic mass is 19.4. The standard InChI is InChI=1S/C12H23F3N2/c1-2-3-10(8-16)9-17-6-4-11(5-7-17)12(13,14)15/h10-11H,2-9,16H2,1H3. The molecule has 0 aromatic carbocycles. The fourth-order valence-electron chi connectivity index (χ4n) is 2.50. The maximum absolute atomic E-state index is 12.5. The topological polar surface area (TPSA) is 29.3 Å². The molecule has 0 radical (unpaired) electrons. The lowest BCUT2D eigenvalue weighted by molar-refractivity contribution is -0.185. The molecule has 17 heavy (non-hydrogen) atoms. The average Bonchev–Trinajstić information content (AvgIpc) is 2.28. The van der Waals surface area contributed by atoms with E-state index in [1.807, 2.05) is 0 Å². The number of piperidine rings is 1. The summed E-state index contributed by atoms with van der Waals surface area (Å²) in [6.07, 6.45) is -1.38. The second-order valence-electron chi connectivity index (χ2n) is 5.01. The molecule has 0 aromatic heterocycles. The van der Waals surface area contributed by atoms with Crippen molar-refractivity contribution in [3.8, 4) is 0 Å². The maximum atomic E-state index is 12.5. The van der Waals surface area contributed by atoms with Crippen LogP contribution in [0.5, 0.6) is 0 Å². The van der Waals surface area contributed by atoms with E-state index in [1.54, 1.807) is 0 Å². The minimum absolute atomic E-state index is 0.243. The van der Waals surface area contributed by atoms with Gasteiger partial charge >= 0.3 is 6.18 Å². The van der Waals surface area contributed by atoms with Crippen LogP contribution in [-0.4, -0.2) is 37.3 Å². The third-order valence-corrected chi connectivity index (χ3v) is 3.60. The van der Waals surface area contributed by atoms with Gasteiger partial charge in [0.2, 0.25) is 0 Å². The summed E-state index contributed by atoms with van der Waals surface area (Å²) in [7, 11) is 0. The molecule has 0 aromatic rings. The van der Waals surface area contributed by atoms with Crippen LogP contribution in [0.1, 0.15) is 32.6 Å². The van der Waals surface area contributed by atoms with E-state index in [4.69, 9.17) is 5.73 Å². The maximum Gasteiger partial charge on any atom is 0.391 e. The van der Waals surface area contributed by atoms with Crippen LogP contribution in [-0.2, 0) is 0 Å². The number of hydrogen-bond donors (Lipinski definition) is 1. The molecular formula is C12H23F3N2. The van der Waals surface area contributed by atoms with Crippen molar-refractivity contribution in [3.63, 3.8) is 0 Å². The molecule has 1 rings (SSSR count). The molecule has 1 fully saturated rings. The summed E-state index contributed by atoms with van der Waals surface area (Å²) in [5.74, 6) is -0.663. The molecule has 0 amide bonds. The Morgan fingerprint density at radius 1 is 1.29 bits per heavy atom. The zero-order valence-electron chi connectivity index (χ0n) is 10.5. The average molecular weight is 252 g/mol. The van der Waals surface area contributed by atoms with Crippen LogP contribution in [0.4, 0.5) is 13.2 Å². The monoisotopic (exact) mass is 252 g/mol. The van der Waals surface area contributed by atoms with Gasteiger partial charge < -0.3 is 10.6 Å². The van der Waals surface area contributed by atoms with E-state index in [9.17, 15) is 13.2 Å². The number of likely N-dealkylation sites (tertiary alicyclic amines) is 1. The molecule has 1 atom stereocenters. The predicted octanol–water partition coefficient (Wildman–Crippen LogP) is 2.64. The van der Waals surface area contributed by atoms with Gasteiger partial charge in [0.1, 0.15) is 0 Å². The first kappa shape index (κ1) is 14.8. The summed E-state index contributed by atoms with van der Waals surface area (Å²) in [6, 6.07) is 0. The van der Waals surface area contributed by atoms with Crippen molar-refractivity contribution in [1.82, 2.24) is 4.90 Å². The van der Waals surface area contributed by atoms with Crippen molar-refractivity contribution in [2.75, 3.05) is 26.2 Å². The molecule has 5 heteroatoms. The number of hydrogen-bond acceptors (Lipinski definition) is 2. The fraction of sp³-hybridized carbons (Fsp3) is 1.00. The largest absolute Gasteiger partial charge is 0.391 e. The summed E-state index contributed by atoms with van der Waals surface area (Å²) in [5, 5.41) is 0. The van der Waals surface area contributed by atoms with E-state index in [2.05, 4.69) is 11.8 Å². The molecule has 1 heterocycles. The van der Waals surface area contributed by atoms with Crippen LogP contribution in [0.25, 0.3) is 0 Å². The zero-order chi connectivity index (χ0) is 12.9. The molecule has 2 nitrogen and oxygen atoms in total. The highest BCUT2D eigenvalue weighted by molar-refractivity contribution is 4.78. The van der Waals surface area contributed by atoms with Gasteiger partial charge in [-0.3, -0.25) is 0 Å². The molecule has 1 aliphatic rings. The lowest BCUT2D eigenvalue weighted by Crippen LogP contribution is -2.42. The number of halogens is 3. The number of nitrogens with zero attached hydrogens (tertiary/aromatic N) is 1. The molecule has 0 aliphatic carbocycles.